The molecule has 3 aromatic carbocycles. The molecule has 192 valence electrons. The summed E-state index contributed by atoms with van der Waals surface area (Å²) in [7, 11) is 0. The molecule has 2 atom stereocenters. The van der Waals surface area contributed by atoms with Crippen LogP contribution in [0.2, 0.25) is 0 Å². The minimum absolute atomic E-state index is 0.0430. The molecule has 0 saturated carbocycles. The third-order valence-electron chi connectivity index (χ3n) is 7.67. The first-order valence-corrected chi connectivity index (χ1v) is 13.3. The van der Waals surface area contributed by atoms with Gasteiger partial charge in [-0.25, -0.2) is 4.79 Å². The molecule has 6 nitrogen and oxygen atoms in total. The van der Waals surface area contributed by atoms with Gasteiger partial charge in [0.25, 0.3) is 0 Å². The monoisotopic (exact) mass is 497 g/mol. The SMILES string of the molecule is O=C(O)N1CC[C@H](N2C(=O)Cc3ccccc32)C[C@@H]1CCCN(Cc1ccccc1)Cc1ccccc1. The zero-order chi connectivity index (χ0) is 25.6. The van der Waals surface area contributed by atoms with E-state index in [2.05, 4.69) is 53.4 Å². The second-order valence-corrected chi connectivity index (χ2v) is 10.2. The average molecular weight is 498 g/mol. The highest BCUT2D eigenvalue weighted by molar-refractivity contribution is 6.01. The van der Waals surface area contributed by atoms with Gasteiger partial charge < -0.3 is 14.9 Å². The van der Waals surface area contributed by atoms with Gasteiger partial charge >= 0.3 is 6.09 Å². The highest BCUT2D eigenvalue weighted by atomic mass is 16.4. The lowest BCUT2D eigenvalue weighted by atomic mass is 9.92. The number of piperidine rings is 1. The molecule has 1 N–H and O–H groups in total. The normalized spacial score (nSPS) is 19.3. The summed E-state index contributed by atoms with van der Waals surface area (Å²) in [6, 6.07) is 28.9. The Kier molecular flexibility index (Phi) is 7.85. The molecular formula is C31H35N3O3. The van der Waals surface area contributed by atoms with Crippen LogP contribution in [0.25, 0.3) is 0 Å². The lowest BCUT2D eigenvalue weighted by Gasteiger charge is -2.41. The standard InChI is InChI=1S/C31H35N3O3/c35-30-20-26-14-7-8-16-29(26)34(30)28-17-19-33(31(36)37)27(21-28)15-9-18-32(22-24-10-3-1-4-11-24)23-25-12-5-2-6-13-25/h1-8,10-14,16,27-28H,9,15,17-23H2,(H,36,37)/t27-,28-/m0/s1. The Bertz CT molecular complexity index is 1160. The highest BCUT2D eigenvalue weighted by Crippen LogP contribution is 2.35. The summed E-state index contributed by atoms with van der Waals surface area (Å²) in [5.41, 5.74) is 4.61. The van der Waals surface area contributed by atoms with E-state index in [4.69, 9.17) is 0 Å². The predicted molar refractivity (Wildman–Crippen MR) is 145 cm³/mol. The van der Waals surface area contributed by atoms with E-state index in [-0.39, 0.29) is 18.0 Å². The van der Waals surface area contributed by atoms with Crippen molar-refractivity contribution in [1.82, 2.24) is 9.80 Å². The number of nitrogens with zero attached hydrogens (tertiary/aromatic N) is 3. The smallest absolute Gasteiger partial charge is 0.407 e. The fourth-order valence-corrected chi connectivity index (χ4v) is 5.92. The van der Waals surface area contributed by atoms with Crippen LogP contribution in [0.4, 0.5) is 10.5 Å². The van der Waals surface area contributed by atoms with Crippen molar-refractivity contribution in [3.8, 4) is 0 Å². The number of fused-ring (bicyclic) bond motifs is 1. The molecule has 0 aromatic heterocycles. The number of benzene rings is 3. The molecule has 2 heterocycles. The number of para-hydroxylation sites is 1. The molecule has 5 rings (SSSR count). The molecular weight excluding hydrogens is 462 g/mol. The average Bonchev–Trinajstić information content (AvgIpc) is 3.25. The van der Waals surface area contributed by atoms with Crippen molar-refractivity contribution >= 4 is 17.7 Å². The molecule has 2 amide bonds. The van der Waals surface area contributed by atoms with E-state index in [0.29, 0.717) is 25.8 Å². The fraction of sp³-hybridized carbons (Fsp3) is 0.355. The number of rotatable bonds is 9. The van der Waals surface area contributed by atoms with Crippen molar-refractivity contribution in [2.24, 2.45) is 0 Å². The van der Waals surface area contributed by atoms with Gasteiger partial charge in [-0.05, 0) is 55.0 Å². The summed E-state index contributed by atoms with van der Waals surface area (Å²) in [6.07, 6.45) is 2.62. The number of amides is 2. The van der Waals surface area contributed by atoms with Gasteiger partial charge in [0.05, 0.1) is 6.42 Å². The van der Waals surface area contributed by atoms with Crippen LogP contribution in [-0.4, -0.2) is 52.1 Å². The molecule has 3 aromatic rings. The number of hydrogen-bond acceptors (Lipinski definition) is 3. The maximum Gasteiger partial charge on any atom is 0.407 e. The molecule has 0 spiro atoms. The summed E-state index contributed by atoms with van der Waals surface area (Å²) in [4.78, 5) is 30.9. The van der Waals surface area contributed by atoms with Crippen molar-refractivity contribution in [3.05, 3.63) is 102 Å². The Hall–Kier alpha value is -3.64. The van der Waals surface area contributed by atoms with Crippen LogP contribution in [-0.2, 0) is 24.3 Å². The van der Waals surface area contributed by atoms with Gasteiger partial charge in [-0.15, -0.1) is 0 Å². The zero-order valence-corrected chi connectivity index (χ0v) is 21.2. The molecule has 37 heavy (non-hydrogen) atoms. The Balaban J connectivity index is 1.25. The Morgan fingerprint density at radius 1 is 0.892 bits per heavy atom. The molecule has 1 fully saturated rings. The van der Waals surface area contributed by atoms with Crippen molar-refractivity contribution in [1.29, 1.82) is 0 Å². The van der Waals surface area contributed by atoms with E-state index in [1.54, 1.807) is 4.90 Å². The van der Waals surface area contributed by atoms with Crippen molar-refractivity contribution in [3.63, 3.8) is 0 Å². The third-order valence-corrected chi connectivity index (χ3v) is 7.67. The molecule has 0 aliphatic carbocycles. The second kappa shape index (κ2) is 11.6. The molecule has 2 aliphatic rings. The van der Waals surface area contributed by atoms with Gasteiger partial charge in [-0.1, -0.05) is 78.9 Å². The van der Waals surface area contributed by atoms with E-state index in [0.717, 1.165) is 43.7 Å². The van der Waals surface area contributed by atoms with E-state index < -0.39 is 6.09 Å². The first-order valence-electron chi connectivity index (χ1n) is 13.3. The van der Waals surface area contributed by atoms with Crippen LogP contribution >= 0.6 is 0 Å². The van der Waals surface area contributed by atoms with Crippen LogP contribution in [0.5, 0.6) is 0 Å². The molecule has 6 heteroatoms. The summed E-state index contributed by atoms with van der Waals surface area (Å²) in [5, 5.41) is 9.90. The zero-order valence-electron chi connectivity index (χ0n) is 21.2. The fourth-order valence-electron chi connectivity index (χ4n) is 5.92. The van der Waals surface area contributed by atoms with Crippen LogP contribution in [0.3, 0.4) is 0 Å². The Labute approximate surface area is 219 Å². The van der Waals surface area contributed by atoms with Gasteiger partial charge in [0.1, 0.15) is 0 Å². The largest absolute Gasteiger partial charge is 0.465 e. The molecule has 1 saturated heterocycles. The Morgan fingerprint density at radius 2 is 1.51 bits per heavy atom. The van der Waals surface area contributed by atoms with Crippen molar-refractivity contribution in [2.45, 2.75) is 57.3 Å². The van der Waals surface area contributed by atoms with E-state index in [1.165, 1.54) is 11.1 Å². The maximum atomic E-state index is 12.9. The molecule has 0 bridgehead atoms. The molecule has 2 aliphatic heterocycles. The second-order valence-electron chi connectivity index (χ2n) is 10.2. The molecule has 0 unspecified atom stereocenters. The molecule has 0 radical (unpaired) electrons. The van der Waals surface area contributed by atoms with E-state index in [9.17, 15) is 14.7 Å². The minimum atomic E-state index is -0.859. The highest BCUT2D eigenvalue weighted by Gasteiger charge is 2.39. The topological polar surface area (TPSA) is 64.1 Å². The van der Waals surface area contributed by atoms with Gasteiger partial charge in [-0.2, -0.15) is 0 Å². The first kappa shape index (κ1) is 25.0. The number of likely N-dealkylation sites (tertiary alicyclic amines) is 1. The maximum absolute atomic E-state index is 12.9. The van der Waals surface area contributed by atoms with Crippen molar-refractivity contribution in [2.75, 3.05) is 18.0 Å². The minimum Gasteiger partial charge on any atom is -0.465 e. The van der Waals surface area contributed by atoms with Gasteiger partial charge in [0.2, 0.25) is 5.91 Å². The van der Waals surface area contributed by atoms with E-state index in [1.807, 2.05) is 41.3 Å². The van der Waals surface area contributed by atoms with Crippen LogP contribution in [0.15, 0.2) is 84.9 Å². The van der Waals surface area contributed by atoms with Gasteiger partial charge in [0, 0.05) is 37.4 Å². The van der Waals surface area contributed by atoms with Crippen LogP contribution in [0, 0.1) is 0 Å². The number of hydrogen-bond donors (Lipinski definition) is 1. The summed E-state index contributed by atoms with van der Waals surface area (Å²) < 4.78 is 0. The lowest BCUT2D eigenvalue weighted by Crippen LogP contribution is -2.52. The predicted octanol–water partition coefficient (Wildman–Crippen LogP) is 5.57. The summed E-state index contributed by atoms with van der Waals surface area (Å²) >= 11 is 0. The summed E-state index contributed by atoms with van der Waals surface area (Å²) in [6.45, 7) is 3.05. The number of carbonyl (C=O) groups excluding carboxylic acids is 1. The van der Waals surface area contributed by atoms with Gasteiger partial charge in [0.15, 0.2) is 0 Å². The van der Waals surface area contributed by atoms with E-state index >= 15 is 0 Å². The quantitative estimate of drug-likeness (QED) is 0.420. The first-order chi connectivity index (χ1) is 18.1. The number of anilines is 1. The van der Waals surface area contributed by atoms with Crippen molar-refractivity contribution < 1.29 is 14.7 Å². The third kappa shape index (κ3) is 6.03. The number of carboxylic acid groups (broad SMARTS) is 1. The summed E-state index contributed by atoms with van der Waals surface area (Å²) in [5.74, 6) is 0.130. The van der Waals surface area contributed by atoms with Crippen LogP contribution in [0.1, 0.15) is 42.4 Å². The van der Waals surface area contributed by atoms with Crippen LogP contribution < -0.4 is 4.90 Å². The Morgan fingerprint density at radius 3 is 2.16 bits per heavy atom. The number of carbonyl (C=O) groups is 2. The van der Waals surface area contributed by atoms with Gasteiger partial charge in [-0.3, -0.25) is 9.69 Å². The lowest BCUT2D eigenvalue weighted by molar-refractivity contribution is -0.118.